The number of hydrogen-bond donors (Lipinski definition) is 2. The molecule has 2 aromatic carbocycles. The third kappa shape index (κ3) is 5.30. The van der Waals surface area contributed by atoms with E-state index in [1.54, 1.807) is 0 Å². The minimum atomic E-state index is -4.36. The first-order valence-electron chi connectivity index (χ1n) is 12.2. The van der Waals surface area contributed by atoms with Crippen LogP contribution in [0.4, 0.5) is 30.2 Å². The number of nitrogens with zero attached hydrogens (tertiary/aromatic N) is 2. The van der Waals surface area contributed by atoms with Gasteiger partial charge >= 0.3 is 6.18 Å². The third-order valence-electron chi connectivity index (χ3n) is 7.21. The van der Waals surface area contributed by atoms with E-state index in [1.807, 2.05) is 23.1 Å². The molecule has 1 amide bonds. The molecule has 5 rings (SSSR count). The second kappa shape index (κ2) is 9.91. The number of piperidine rings is 1. The van der Waals surface area contributed by atoms with Crippen LogP contribution < -0.4 is 15.1 Å². The lowest BCUT2D eigenvalue weighted by atomic mass is 9.90. The number of aliphatic hydroxyl groups is 1. The van der Waals surface area contributed by atoms with E-state index in [2.05, 4.69) is 10.2 Å². The number of alkyl halides is 3. The molecule has 2 N–H and O–H groups in total. The van der Waals surface area contributed by atoms with Gasteiger partial charge in [-0.1, -0.05) is 0 Å². The molecule has 0 radical (unpaired) electrons. The number of rotatable bonds is 5. The molecular formula is C26H30F3N3O4. The Morgan fingerprint density at radius 1 is 0.917 bits per heavy atom. The summed E-state index contributed by atoms with van der Waals surface area (Å²) in [5, 5.41) is 13.9. The first-order valence-corrected chi connectivity index (χ1v) is 12.2. The van der Waals surface area contributed by atoms with E-state index in [-0.39, 0.29) is 25.0 Å². The maximum absolute atomic E-state index is 13.1. The van der Waals surface area contributed by atoms with Crippen molar-refractivity contribution < 1.29 is 32.5 Å². The Bertz CT molecular complexity index is 1070. The van der Waals surface area contributed by atoms with Gasteiger partial charge in [-0.15, -0.1) is 0 Å². The molecule has 0 spiro atoms. The Balaban J connectivity index is 1.24. The molecule has 7 nitrogen and oxygen atoms in total. The molecule has 194 valence electrons. The van der Waals surface area contributed by atoms with Gasteiger partial charge in [-0.25, -0.2) is 0 Å². The molecule has 0 aliphatic carbocycles. The number of carbonyl (C=O) groups is 1. The number of carbonyl (C=O) groups excluding carboxylic acids is 1. The maximum Gasteiger partial charge on any atom is 0.416 e. The van der Waals surface area contributed by atoms with Crippen LogP contribution in [0.3, 0.4) is 0 Å². The number of halogens is 3. The molecule has 10 heteroatoms. The number of hydrogen-bond acceptors (Lipinski definition) is 6. The SMILES string of the molecule is O=C(Nc1cc(N2CCOCC2)cc(C2(O)COC2)c1)C1CCN(c2ccc(C(F)(F)F)cc2)CC1. The summed E-state index contributed by atoms with van der Waals surface area (Å²) in [6.07, 6.45) is -3.16. The van der Waals surface area contributed by atoms with Crippen LogP contribution in [0.5, 0.6) is 0 Å². The fourth-order valence-electron chi connectivity index (χ4n) is 4.92. The van der Waals surface area contributed by atoms with Crippen LogP contribution in [0.15, 0.2) is 42.5 Å². The van der Waals surface area contributed by atoms with Crippen molar-refractivity contribution in [3.63, 3.8) is 0 Å². The van der Waals surface area contributed by atoms with Crippen molar-refractivity contribution in [1.29, 1.82) is 0 Å². The molecule has 36 heavy (non-hydrogen) atoms. The van der Waals surface area contributed by atoms with Gasteiger partial charge in [0.05, 0.1) is 32.0 Å². The fourth-order valence-corrected chi connectivity index (χ4v) is 4.92. The highest BCUT2D eigenvalue weighted by atomic mass is 19.4. The first-order chi connectivity index (χ1) is 17.2. The number of ether oxygens (including phenoxy) is 2. The normalized spacial score (nSPS) is 20.7. The molecule has 2 aromatic rings. The highest BCUT2D eigenvalue weighted by molar-refractivity contribution is 5.93. The quantitative estimate of drug-likeness (QED) is 0.647. The topological polar surface area (TPSA) is 74.3 Å². The monoisotopic (exact) mass is 505 g/mol. The summed E-state index contributed by atoms with van der Waals surface area (Å²) >= 11 is 0. The highest BCUT2D eigenvalue weighted by Crippen LogP contribution is 2.35. The number of anilines is 3. The lowest BCUT2D eigenvalue weighted by Gasteiger charge is -2.38. The van der Waals surface area contributed by atoms with E-state index in [1.165, 1.54) is 12.1 Å². The van der Waals surface area contributed by atoms with Crippen LogP contribution in [0, 0.1) is 5.92 Å². The Hall–Kier alpha value is -2.82. The molecule has 0 atom stereocenters. The van der Waals surface area contributed by atoms with Gasteiger partial charge in [-0.2, -0.15) is 13.2 Å². The summed E-state index contributed by atoms with van der Waals surface area (Å²) in [6, 6.07) is 10.8. The second-order valence-corrected chi connectivity index (χ2v) is 9.69. The second-order valence-electron chi connectivity index (χ2n) is 9.69. The highest BCUT2D eigenvalue weighted by Gasteiger charge is 2.39. The van der Waals surface area contributed by atoms with Crippen molar-refractivity contribution in [3.05, 3.63) is 53.6 Å². The standard InChI is InChI=1S/C26H30F3N3O4/c27-26(28,29)19-1-3-22(4-2-19)31-7-5-18(6-8-31)24(33)30-21-13-20(25(34)16-36-17-25)14-23(15-21)32-9-11-35-12-10-32/h1-4,13-15,18,34H,5-12,16-17H2,(H,30,33). The van der Waals surface area contributed by atoms with Gasteiger partial charge in [-0.3, -0.25) is 4.79 Å². The first kappa shape index (κ1) is 24.9. The van der Waals surface area contributed by atoms with Crippen LogP contribution in [0.1, 0.15) is 24.0 Å². The zero-order valence-corrected chi connectivity index (χ0v) is 19.9. The average molecular weight is 506 g/mol. The van der Waals surface area contributed by atoms with E-state index < -0.39 is 17.3 Å². The van der Waals surface area contributed by atoms with Crippen LogP contribution in [0.2, 0.25) is 0 Å². The number of morpholine rings is 1. The predicted molar refractivity (Wildman–Crippen MR) is 129 cm³/mol. The maximum atomic E-state index is 13.1. The Kier molecular flexibility index (Phi) is 6.84. The molecule has 0 unspecified atom stereocenters. The van der Waals surface area contributed by atoms with Crippen molar-refractivity contribution in [2.24, 2.45) is 5.92 Å². The predicted octanol–water partition coefficient (Wildman–Crippen LogP) is 3.61. The molecule has 0 bridgehead atoms. The van der Waals surface area contributed by atoms with Crippen molar-refractivity contribution in [1.82, 2.24) is 0 Å². The Morgan fingerprint density at radius 3 is 2.14 bits per heavy atom. The van der Waals surface area contributed by atoms with Crippen molar-refractivity contribution in [2.45, 2.75) is 24.6 Å². The lowest BCUT2D eigenvalue weighted by Crippen LogP contribution is -2.46. The van der Waals surface area contributed by atoms with E-state index >= 15 is 0 Å². The zero-order chi connectivity index (χ0) is 25.3. The van der Waals surface area contributed by atoms with Crippen LogP contribution in [0.25, 0.3) is 0 Å². The molecule has 0 aromatic heterocycles. The average Bonchev–Trinajstić information content (AvgIpc) is 2.87. The zero-order valence-electron chi connectivity index (χ0n) is 19.9. The molecular weight excluding hydrogens is 475 g/mol. The van der Waals surface area contributed by atoms with Gasteiger partial charge in [0.15, 0.2) is 0 Å². The Morgan fingerprint density at radius 2 is 1.56 bits per heavy atom. The third-order valence-corrected chi connectivity index (χ3v) is 7.21. The number of benzene rings is 2. The minimum Gasteiger partial charge on any atom is -0.380 e. The van der Waals surface area contributed by atoms with Crippen LogP contribution >= 0.6 is 0 Å². The molecule has 3 aliphatic rings. The Labute approximate surface area is 207 Å². The van der Waals surface area contributed by atoms with Crippen molar-refractivity contribution in [2.75, 3.05) is 67.7 Å². The van der Waals surface area contributed by atoms with Gasteiger partial charge in [-0.05, 0) is 60.9 Å². The summed E-state index contributed by atoms with van der Waals surface area (Å²) in [4.78, 5) is 17.3. The van der Waals surface area contributed by atoms with Gasteiger partial charge < -0.3 is 29.7 Å². The van der Waals surface area contributed by atoms with Gasteiger partial charge in [0.2, 0.25) is 5.91 Å². The largest absolute Gasteiger partial charge is 0.416 e. The summed E-state index contributed by atoms with van der Waals surface area (Å²) in [5.41, 5.74) is 1.26. The molecule has 3 heterocycles. The summed E-state index contributed by atoms with van der Waals surface area (Å²) in [5.74, 6) is -0.301. The fraction of sp³-hybridized carbons (Fsp3) is 0.500. The number of amides is 1. The minimum absolute atomic E-state index is 0.0935. The smallest absolute Gasteiger partial charge is 0.380 e. The van der Waals surface area contributed by atoms with Gasteiger partial charge in [0.25, 0.3) is 0 Å². The van der Waals surface area contributed by atoms with Gasteiger partial charge in [0, 0.05) is 49.2 Å². The van der Waals surface area contributed by atoms with E-state index in [0.717, 1.165) is 36.6 Å². The lowest BCUT2D eigenvalue weighted by molar-refractivity contribution is -0.184. The van der Waals surface area contributed by atoms with E-state index in [0.29, 0.717) is 50.4 Å². The van der Waals surface area contributed by atoms with Crippen molar-refractivity contribution in [3.8, 4) is 0 Å². The van der Waals surface area contributed by atoms with Gasteiger partial charge in [0.1, 0.15) is 5.60 Å². The van der Waals surface area contributed by atoms with E-state index in [9.17, 15) is 23.1 Å². The summed E-state index contributed by atoms with van der Waals surface area (Å²) in [7, 11) is 0. The summed E-state index contributed by atoms with van der Waals surface area (Å²) < 4.78 is 49.2. The molecule has 3 fully saturated rings. The van der Waals surface area contributed by atoms with Crippen LogP contribution in [-0.4, -0.2) is 63.6 Å². The molecule has 0 saturated carbocycles. The van der Waals surface area contributed by atoms with Crippen LogP contribution in [-0.2, 0) is 26.0 Å². The molecule has 3 aliphatic heterocycles. The summed E-state index contributed by atoms with van der Waals surface area (Å²) in [6.45, 7) is 4.31. The molecule has 3 saturated heterocycles. The van der Waals surface area contributed by atoms with Crippen molar-refractivity contribution >= 4 is 23.0 Å². The number of nitrogens with one attached hydrogen (secondary N) is 1. The van der Waals surface area contributed by atoms with E-state index in [4.69, 9.17) is 9.47 Å².